The maximum atomic E-state index is 14.9. The molecular weight excluding hydrogens is 523 g/mol. The molecule has 7 heteroatoms. The normalized spacial score (nSPS) is 11.3. The van der Waals surface area contributed by atoms with Crippen molar-refractivity contribution >= 4 is 23.1 Å². The molecule has 0 atom stereocenters. The first kappa shape index (κ1) is 25.5. The lowest BCUT2D eigenvalue weighted by atomic mass is 10.1. The summed E-state index contributed by atoms with van der Waals surface area (Å²) in [6, 6.07) is 38.0. The summed E-state index contributed by atoms with van der Waals surface area (Å²) in [7, 11) is -3.25. The second kappa shape index (κ2) is 10.8. The predicted molar refractivity (Wildman–Crippen MR) is 155 cm³/mol. The molecule has 0 aliphatic carbocycles. The zero-order valence-electron chi connectivity index (χ0n) is 21.2. The van der Waals surface area contributed by atoms with E-state index in [0.29, 0.717) is 27.0 Å². The number of rotatable bonds is 6. The van der Waals surface area contributed by atoms with Crippen LogP contribution in [-0.2, 0) is 4.57 Å². The number of halogens is 2. The Hall–Kier alpha value is -4.80. The number of benzene rings is 5. The molecule has 194 valence electrons. The first-order chi connectivity index (χ1) is 19.5. The van der Waals surface area contributed by atoms with E-state index in [1.165, 1.54) is 18.2 Å². The fourth-order valence-electron chi connectivity index (χ4n) is 4.56. The van der Waals surface area contributed by atoms with E-state index in [-0.39, 0.29) is 23.0 Å². The molecule has 0 N–H and O–H groups in total. The van der Waals surface area contributed by atoms with E-state index in [1.807, 2.05) is 84.9 Å². The van der Waals surface area contributed by atoms with Crippen molar-refractivity contribution in [2.75, 3.05) is 0 Å². The van der Waals surface area contributed by atoms with Crippen molar-refractivity contribution < 1.29 is 13.3 Å². The molecule has 0 aliphatic rings. The van der Waals surface area contributed by atoms with Gasteiger partial charge in [0.15, 0.2) is 24.6 Å². The van der Waals surface area contributed by atoms with Crippen molar-refractivity contribution in [1.82, 2.24) is 15.0 Å². The van der Waals surface area contributed by atoms with Gasteiger partial charge in [0.1, 0.15) is 11.6 Å². The van der Waals surface area contributed by atoms with Gasteiger partial charge < -0.3 is 4.57 Å². The summed E-state index contributed by atoms with van der Waals surface area (Å²) in [5.41, 5.74) is 1.36. The van der Waals surface area contributed by atoms with Crippen LogP contribution in [0.5, 0.6) is 0 Å². The van der Waals surface area contributed by atoms with Crippen LogP contribution in [0.2, 0.25) is 0 Å². The Balaban J connectivity index is 1.55. The average molecular weight is 546 g/mol. The second-order valence-corrected chi connectivity index (χ2v) is 11.9. The summed E-state index contributed by atoms with van der Waals surface area (Å²) in [5, 5.41) is 2.01. The van der Waals surface area contributed by atoms with Crippen LogP contribution in [0.15, 0.2) is 133 Å². The minimum Gasteiger partial charge on any atom is -0.309 e. The van der Waals surface area contributed by atoms with Crippen molar-refractivity contribution in [2.45, 2.75) is 0 Å². The molecule has 0 aliphatic heterocycles. The van der Waals surface area contributed by atoms with Gasteiger partial charge >= 0.3 is 0 Å². The van der Waals surface area contributed by atoms with Gasteiger partial charge in [-0.2, -0.15) is 0 Å². The third-order valence-corrected chi connectivity index (χ3v) is 9.62. The van der Waals surface area contributed by atoms with E-state index >= 15 is 0 Å². The molecule has 1 heterocycles. The Kier molecular flexibility index (Phi) is 6.85. The van der Waals surface area contributed by atoms with E-state index in [1.54, 1.807) is 30.3 Å². The predicted octanol–water partition coefficient (Wildman–Crippen LogP) is 6.79. The van der Waals surface area contributed by atoms with Crippen LogP contribution in [0.1, 0.15) is 0 Å². The molecule has 4 nitrogen and oxygen atoms in total. The summed E-state index contributed by atoms with van der Waals surface area (Å²) in [4.78, 5) is 13.8. The summed E-state index contributed by atoms with van der Waals surface area (Å²) in [5.74, 6) is -0.180. The smallest absolute Gasteiger partial charge is 0.171 e. The van der Waals surface area contributed by atoms with Crippen molar-refractivity contribution in [2.24, 2.45) is 0 Å². The van der Waals surface area contributed by atoms with E-state index in [2.05, 4.69) is 15.0 Å². The topological polar surface area (TPSA) is 55.7 Å². The van der Waals surface area contributed by atoms with Crippen molar-refractivity contribution in [3.05, 3.63) is 145 Å². The number of hydrogen-bond acceptors (Lipinski definition) is 4. The first-order valence-corrected chi connectivity index (χ1v) is 14.3. The largest absolute Gasteiger partial charge is 0.309 e. The fraction of sp³-hybridized carbons (Fsp3) is 0. The molecular formula is C33H22F2N3OP. The quantitative estimate of drug-likeness (QED) is 0.216. The van der Waals surface area contributed by atoms with E-state index in [4.69, 9.17) is 0 Å². The molecule has 1 aromatic heterocycles. The summed E-state index contributed by atoms with van der Waals surface area (Å²) >= 11 is 0. The summed E-state index contributed by atoms with van der Waals surface area (Å²) < 4.78 is 43.4. The van der Waals surface area contributed by atoms with Gasteiger partial charge in [-0.3, -0.25) is 0 Å². The Morgan fingerprint density at radius 3 is 1.62 bits per heavy atom. The van der Waals surface area contributed by atoms with Gasteiger partial charge in [-0.15, -0.1) is 0 Å². The van der Waals surface area contributed by atoms with Gasteiger partial charge in [0.05, 0.1) is 5.56 Å². The Morgan fingerprint density at radius 1 is 0.475 bits per heavy atom. The van der Waals surface area contributed by atoms with Gasteiger partial charge in [0.2, 0.25) is 0 Å². The SMILES string of the molecule is O=P(c1ccccc1)(c1ccccc1)c1cccc(-c2nc(-c3ccc(F)cc3)nc(-c3ccccc3F)n2)c1. The highest BCUT2D eigenvalue weighted by Crippen LogP contribution is 2.43. The monoisotopic (exact) mass is 545 g/mol. The lowest BCUT2D eigenvalue weighted by Gasteiger charge is -2.20. The van der Waals surface area contributed by atoms with Crippen molar-refractivity contribution in [1.29, 1.82) is 0 Å². The zero-order chi connectivity index (χ0) is 27.5. The van der Waals surface area contributed by atoms with Crippen molar-refractivity contribution in [3.63, 3.8) is 0 Å². The van der Waals surface area contributed by atoms with Gasteiger partial charge in [-0.1, -0.05) is 91.0 Å². The van der Waals surface area contributed by atoms with E-state index in [0.717, 1.165) is 0 Å². The third-order valence-electron chi connectivity index (χ3n) is 6.56. The van der Waals surface area contributed by atoms with Gasteiger partial charge in [-0.25, -0.2) is 23.7 Å². The molecule has 0 spiro atoms. The van der Waals surface area contributed by atoms with Gasteiger partial charge in [-0.05, 0) is 42.5 Å². The second-order valence-electron chi connectivity index (χ2n) is 9.12. The molecule has 0 amide bonds. The number of aromatic nitrogens is 3. The standard InChI is InChI=1S/C33H22F2N3OP/c34-25-20-18-23(19-21-25)31-36-32(38-33(37-31)29-16-7-8-17-30(29)35)24-10-9-15-28(22-24)40(39,26-11-3-1-4-12-26)27-13-5-2-6-14-27/h1-22H. The van der Waals surface area contributed by atoms with Crippen LogP contribution in [0, 0.1) is 11.6 Å². The summed E-state index contributed by atoms with van der Waals surface area (Å²) in [6.07, 6.45) is 0. The average Bonchev–Trinajstić information content (AvgIpc) is 3.02. The number of hydrogen-bond donors (Lipinski definition) is 0. The molecule has 0 unspecified atom stereocenters. The molecule has 0 radical (unpaired) electrons. The van der Waals surface area contributed by atoms with Gasteiger partial charge in [0, 0.05) is 27.0 Å². The fourth-order valence-corrected chi connectivity index (χ4v) is 7.26. The number of nitrogens with zero attached hydrogens (tertiary/aromatic N) is 3. The first-order valence-electron chi connectivity index (χ1n) is 12.6. The van der Waals surface area contributed by atoms with Crippen LogP contribution in [0.4, 0.5) is 8.78 Å². The van der Waals surface area contributed by atoms with E-state index in [9.17, 15) is 13.3 Å². The van der Waals surface area contributed by atoms with Gasteiger partial charge in [0.25, 0.3) is 0 Å². The Labute approximate surface area is 230 Å². The third kappa shape index (κ3) is 4.86. The Bertz CT molecular complexity index is 1800. The van der Waals surface area contributed by atoms with Crippen molar-refractivity contribution in [3.8, 4) is 34.2 Å². The maximum Gasteiger partial charge on any atom is 0.171 e. The van der Waals surface area contributed by atoms with Crippen LogP contribution in [0.3, 0.4) is 0 Å². The molecule has 0 fully saturated rings. The minimum absolute atomic E-state index is 0.141. The van der Waals surface area contributed by atoms with Crippen LogP contribution < -0.4 is 15.9 Å². The zero-order valence-corrected chi connectivity index (χ0v) is 22.0. The molecule has 5 aromatic carbocycles. The van der Waals surface area contributed by atoms with Crippen LogP contribution in [-0.4, -0.2) is 15.0 Å². The Morgan fingerprint density at radius 2 is 1.00 bits per heavy atom. The summed E-state index contributed by atoms with van der Waals surface area (Å²) in [6.45, 7) is 0. The highest BCUT2D eigenvalue weighted by molar-refractivity contribution is 7.85. The highest BCUT2D eigenvalue weighted by Gasteiger charge is 2.30. The molecule has 6 aromatic rings. The molecule has 0 saturated carbocycles. The lowest BCUT2D eigenvalue weighted by Crippen LogP contribution is -2.25. The highest BCUT2D eigenvalue weighted by atomic mass is 31.2. The minimum atomic E-state index is -3.25. The maximum absolute atomic E-state index is 14.9. The van der Waals surface area contributed by atoms with Crippen LogP contribution in [0.25, 0.3) is 34.2 Å². The molecule has 40 heavy (non-hydrogen) atoms. The molecule has 0 bridgehead atoms. The lowest BCUT2D eigenvalue weighted by molar-refractivity contribution is 0.592. The van der Waals surface area contributed by atoms with E-state index < -0.39 is 18.8 Å². The van der Waals surface area contributed by atoms with Crippen LogP contribution >= 0.6 is 7.14 Å². The molecule has 6 rings (SSSR count). The molecule has 0 saturated heterocycles.